The highest BCUT2D eigenvalue weighted by Gasteiger charge is 2.30. The summed E-state index contributed by atoms with van der Waals surface area (Å²) >= 11 is 1.79. The van der Waals surface area contributed by atoms with Crippen LogP contribution >= 0.6 is 11.3 Å². The fraction of sp³-hybridized carbons (Fsp3) is 0.190. The van der Waals surface area contributed by atoms with Crippen LogP contribution in [0.5, 0.6) is 0 Å². The van der Waals surface area contributed by atoms with E-state index < -0.39 is 0 Å². The summed E-state index contributed by atoms with van der Waals surface area (Å²) in [7, 11) is 0. The van der Waals surface area contributed by atoms with Gasteiger partial charge < -0.3 is 5.32 Å². The summed E-state index contributed by atoms with van der Waals surface area (Å²) < 4.78 is 13.0. The number of carbonyl (C=O) groups excluding carboxylic acids is 1. The third kappa shape index (κ3) is 3.54. The zero-order valence-electron chi connectivity index (χ0n) is 14.2. The van der Waals surface area contributed by atoms with Crippen molar-refractivity contribution in [3.05, 3.63) is 87.9 Å². The van der Waals surface area contributed by atoms with Gasteiger partial charge in [-0.2, -0.15) is 0 Å². The quantitative estimate of drug-likeness (QED) is 0.739. The second-order valence-electron chi connectivity index (χ2n) is 6.39. The molecule has 5 heteroatoms. The maximum Gasteiger partial charge on any atom is 0.238 e. The Morgan fingerprint density at radius 1 is 1.12 bits per heavy atom. The molecule has 0 radical (unpaired) electrons. The van der Waals surface area contributed by atoms with Gasteiger partial charge in [0.25, 0.3) is 0 Å². The zero-order chi connectivity index (χ0) is 17.9. The molecule has 1 aromatic heterocycles. The number of amides is 1. The lowest BCUT2D eigenvalue weighted by molar-refractivity contribution is -0.117. The number of hydrogen-bond acceptors (Lipinski definition) is 3. The summed E-state index contributed by atoms with van der Waals surface area (Å²) in [5.41, 5.74) is 3.10. The van der Waals surface area contributed by atoms with E-state index in [0.29, 0.717) is 12.2 Å². The predicted molar refractivity (Wildman–Crippen MR) is 103 cm³/mol. The molecule has 4 rings (SSSR count). The van der Waals surface area contributed by atoms with E-state index in [9.17, 15) is 9.18 Å². The van der Waals surface area contributed by atoms with Crippen LogP contribution in [0.1, 0.15) is 22.0 Å². The number of nitrogens with zero attached hydrogens (tertiary/aromatic N) is 1. The molecule has 1 atom stereocenters. The molecule has 3 nitrogen and oxygen atoms in total. The molecule has 0 spiro atoms. The first-order valence-corrected chi connectivity index (χ1v) is 9.49. The molecule has 0 saturated heterocycles. The first-order chi connectivity index (χ1) is 12.7. The molecule has 2 aromatic carbocycles. The van der Waals surface area contributed by atoms with Crippen molar-refractivity contribution in [2.24, 2.45) is 0 Å². The maximum atomic E-state index is 13.0. The lowest BCUT2D eigenvalue weighted by Crippen LogP contribution is -2.40. The minimum atomic E-state index is -0.312. The number of thiophene rings is 1. The van der Waals surface area contributed by atoms with Gasteiger partial charge >= 0.3 is 0 Å². The first-order valence-electron chi connectivity index (χ1n) is 8.61. The average Bonchev–Trinajstić information content (AvgIpc) is 3.13. The monoisotopic (exact) mass is 366 g/mol. The van der Waals surface area contributed by atoms with Crippen molar-refractivity contribution in [3.63, 3.8) is 0 Å². The van der Waals surface area contributed by atoms with Gasteiger partial charge in [0.15, 0.2) is 0 Å². The summed E-state index contributed by atoms with van der Waals surface area (Å²) in [5.74, 6) is -0.399. The molecule has 1 aliphatic heterocycles. The number of benzene rings is 2. The van der Waals surface area contributed by atoms with E-state index >= 15 is 0 Å². The van der Waals surface area contributed by atoms with E-state index in [4.69, 9.17) is 0 Å². The fourth-order valence-corrected chi connectivity index (χ4v) is 4.39. The van der Waals surface area contributed by atoms with Crippen molar-refractivity contribution in [2.75, 3.05) is 18.4 Å². The molecule has 0 aliphatic carbocycles. The van der Waals surface area contributed by atoms with Crippen LogP contribution < -0.4 is 5.32 Å². The van der Waals surface area contributed by atoms with Gasteiger partial charge in [-0.05, 0) is 53.3 Å². The fourth-order valence-electron chi connectivity index (χ4n) is 3.48. The Morgan fingerprint density at radius 3 is 2.65 bits per heavy atom. The van der Waals surface area contributed by atoms with Crippen LogP contribution in [-0.4, -0.2) is 23.9 Å². The molecule has 1 aliphatic rings. The standard InChI is InChI=1S/C21H19FN2OS/c22-16-6-8-17(9-7-16)23-20(25)14-24-12-10-19-18(11-13-26-19)21(24)15-4-2-1-3-5-15/h1-9,11,13,21H,10,12,14H2,(H,23,25). The van der Waals surface area contributed by atoms with Crippen molar-refractivity contribution in [3.8, 4) is 0 Å². The number of halogens is 1. The zero-order valence-corrected chi connectivity index (χ0v) is 15.0. The highest BCUT2D eigenvalue weighted by molar-refractivity contribution is 7.10. The third-order valence-electron chi connectivity index (χ3n) is 4.66. The Bertz CT molecular complexity index is 892. The van der Waals surface area contributed by atoms with Crippen LogP contribution in [0.3, 0.4) is 0 Å². The molecule has 1 N–H and O–H groups in total. The first kappa shape index (κ1) is 16.9. The molecule has 0 saturated carbocycles. The van der Waals surface area contributed by atoms with E-state index in [1.807, 2.05) is 18.2 Å². The topological polar surface area (TPSA) is 32.3 Å². The Morgan fingerprint density at radius 2 is 1.88 bits per heavy atom. The molecule has 2 heterocycles. The molecule has 0 fully saturated rings. The lowest BCUT2D eigenvalue weighted by atomic mass is 9.93. The summed E-state index contributed by atoms with van der Waals surface area (Å²) in [6.07, 6.45) is 0.958. The van der Waals surface area contributed by atoms with Crippen molar-refractivity contribution in [2.45, 2.75) is 12.5 Å². The average molecular weight is 366 g/mol. The maximum absolute atomic E-state index is 13.0. The Labute approximate surface area is 156 Å². The number of rotatable bonds is 4. The number of carbonyl (C=O) groups is 1. The van der Waals surface area contributed by atoms with Gasteiger partial charge in [0.1, 0.15) is 5.82 Å². The van der Waals surface area contributed by atoms with E-state index in [1.165, 1.54) is 28.1 Å². The minimum Gasteiger partial charge on any atom is -0.325 e. The van der Waals surface area contributed by atoms with Crippen LogP contribution in [0, 0.1) is 5.82 Å². The van der Waals surface area contributed by atoms with Crippen molar-refractivity contribution >= 4 is 22.9 Å². The minimum absolute atomic E-state index is 0.0868. The van der Waals surface area contributed by atoms with Crippen molar-refractivity contribution < 1.29 is 9.18 Å². The molecular formula is C21H19FN2OS. The Hall–Kier alpha value is -2.50. The van der Waals surface area contributed by atoms with Crippen LogP contribution in [0.15, 0.2) is 66.0 Å². The van der Waals surface area contributed by atoms with E-state index in [2.05, 4.69) is 33.8 Å². The van der Waals surface area contributed by atoms with Crippen LogP contribution in [0.4, 0.5) is 10.1 Å². The summed E-state index contributed by atoms with van der Waals surface area (Å²) in [5, 5.41) is 4.99. The molecular weight excluding hydrogens is 347 g/mol. The number of anilines is 1. The van der Waals surface area contributed by atoms with E-state index in [1.54, 1.807) is 23.5 Å². The molecule has 1 amide bonds. The molecule has 1 unspecified atom stereocenters. The molecule has 3 aromatic rings. The van der Waals surface area contributed by atoms with Gasteiger partial charge in [0.2, 0.25) is 5.91 Å². The lowest BCUT2D eigenvalue weighted by Gasteiger charge is -2.35. The third-order valence-corrected chi connectivity index (χ3v) is 5.65. The Kier molecular flexibility index (Phi) is 4.82. The predicted octanol–water partition coefficient (Wildman–Crippen LogP) is 4.47. The van der Waals surface area contributed by atoms with Gasteiger partial charge in [0.05, 0.1) is 12.6 Å². The van der Waals surface area contributed by atoms with Gasteiger partial charge in [-0.3, -0.25) is 9.69 Å². The van der Waals surface area contributed by atoms with Gasteiger partial charge in [-0.25, -0.2) is 4.39 Å². The van der Waals surface area contributed by atoms with Crippen LogP contribution in [0.2, 0.25) is 0 Å². The number of nitrogens with one attached hydrogen (secondary N) is 1. The van der Waals surface area contributed by atoms with Gasteiger partial charge in [-0.15, -0.1) is 11.3 Å². The van der Waals surface area contributed by atoms with Gasteiger partial charge in [0, 0.05) is 17.1 Å². The van der Waals surface area contributed by atoms with Crippen LogP contribution in [0.25, 0.3) is 0 Å². The summed E-state index contributed by atoms with van der Waals surface area (Å²) in [6, 6.07) is 18.4. The molecule has 0 bridgehead atoms. The summed E-state index contributed by atoms with van der Waals surface area (Å²) in [6.45, 7) is 1.14. The smallest absolute Gasteiger partial charge is 0.238 e. The SMILES string of the molecule is O=C(CN1CCc2sccc2C1c1ccccc1)Nc1ccc(F)cc1. The van der Waals surface area contributed by atoms with E-state index in [-0.39, 0.29) is 17.8 Å². The molecule has 26 heavy (non-hydrogen) atoms. The van der Waals surface area contributed by atoms with Gasteiger partial charge in [-0.1, -0.05) is 30.3 Å². The highest BCUT2D eigenvalue weighted by atomic mass is 32.1. The van der Waals surface area contributed by atoms with E-state index in [0.717, 1.165) is 13.0 Å². The van der Waals surface area contributed by atoms with Crippen molar-refractivity contribution in [1.29, 1.82) is 0 Å². The number of fused-ring (bicyclic) bond motifs is 1. The largest absolute Gasteiger partial charge is 0.325 e. The highest BCUT2D eigenvalue weighted by Crippen LogP contribution is 2.37. The second-order valence-corrected chi connectivity index (χ2v) is 7.39. The van der Waals surface area contributed by atoms with Crippen LogP contribution in [-0.2, 0) is 11.2 Å². The van der Waals surface area contributed by atoms with Crippen molar-refractivity contribution in [1.82, 2.24) is 4.90 Å². The molecule has 132 valence electrons. The number of hydrogen-bond donors (Lipinski definition) is 1. The second kappa shape index (κ2) is 7.40. The normalized spacial score (nSPS) is 16.9. The summed E-state index contributed by atoms with van der Waals surface area (Å²) in [4.78, 5) is 16.2. The Balaban J connectivity index is 1.54.